The molecule has 3 aliphatic heterocycles. The number of rotatable bonds is 9. The smallest absolute Gasteiger partial charge is 0.318 e. The molecule has 7 rings (SSSR count). The summed E-state index contributed by atoms with van der Waals surface area (Å²) in [4.78, 5) is 30.5. The van der Waals surface area contributed by atoms with Crippen LogP contribution in [-0.4, -0.2) is 87.7 Å². The summed E-state index contributed by atoms with van der Waals surface area (Å²) in [5.74, 6) is -1.37. The fourth-order valence-electron chi connectivity index (χ4n) is 6.94. The van der Waals surface area contributed by atoms with Crippen LogP contribution >= 0.6 is 11.8 Å². The van der Waals surface area contributed by atoms with Gasteiger partial charge < -0.3 is 19.4 Å². The van der Waals surface area contributed by atoms with Crippen molar-refractivity contribution in [3.8, 4) is 12.1 Å². The monoisotopic (exact) mass is 645 g/mol. The van der Waals surface area contributed by atoms with Crippen LogP contribution in [0.4, 0.5) is 20.3 Å². The van der Waals surface area contributed by atoms with Crippen molar-refractivity contribution in [1.29, 1.82) is 5.26 Å². The number of benzene rings is 2. The molecule has 1 amide bonds. The van der Waals surface area contributed by atoms with Crippen molar-refractivity contribution in [1.82, 2.24) is 19.8 Å². The minimum Gasteiger partial charge on any atom is -0.462 e. The summed E-state index contributed by atoms with van der Waals surface area (Å²) in [7, 11) is 2.18. The molecule has 9 nitrogen and oxygen atoms in total. The van der Waals surface area contributed by atoms with E-state index >= 15 is 4.39 Å². The van der Waals surface area contributed by atoms with Gasteiger partial charge in [0.2, 0.25) is 0 Å². The number of halogens is 2. The van der Waals surface area contributed by atoms with E-state index in [9.17, 15) is 14.4 Å². The number of hydrogen-bond donors (Lipinski definition) is 0. The first-order valence-electron chi connectivity index (χ1n) is 15.8. The van der Waals surface area contributed by atoms with Gasteiger partial charge in [-0.05, 0) is 50.8 Å². The Bertz CT molecular complexity index is 1740. The number of carbonyl (C=O) groups is 1. The van der Waals surface area contributed by atoms with Gasteiger partial charge in [0.1, 0.15) is 18.2 Å². The van der Waals surface area contributed by atoms with Crippen LogP contribution in [0.1, 0.15) is 37.4 Å². The zero-order valence-electron chi connectivity index (χ0n) is 26.1. The number of nitriles is 1. The van der Waals surface area contributed by atoms with E-state index in [-0.39, 0.29) is 29.7 Å². The maximum atomic E-state index is 15.1. The summed E-state index contributed by atoms with van der Waals surface area (Å²) in [6.45, 7) is 7.92. The molecule has 0 radical (unpaired) electrons. The van der Waals surface area contributed by atoms with Crippen molar-refractivity contribution < 1.29 is 18.3 Å². The molecule has 4 heterocycles. The average Bonchev–Trinajstić information content (AvgIpc) is 4.00. The largest absolute Gasteiger partial charge is 0.462 e. The van der Waals surface area contributed by atoms with Crippen molar-refractivity contribution >= 4 is 39.9 Å². The van der Waals surface area contributed by atoms with Crippen molar-refractivity contribution in [2.75, 3.05) is 49.6 Å². The van der Waals surface area contributed by atoms with Crippen LogP contribution in [0, 0.1) is 17.1 Å². The highest BCUT2D eigenvalue weighted by Crippen LogP contribution is 2.57. The topological polar surface area (TPSA) is 88.8 Å². The minimum absolute atomic E-state index is 0.0290. The van der Waals surface area contributed by atoms with E-state index in [0.29, 0.717) is 61.7 Å². The molecule has 12 heteroatoms. The average molecular weight is 646 g/mol. The van der Waals surface area contributed by atoms with Crippen LogP contribution in [0.2, 0.25) is 0 Å². The number of piperazine rings is 1. The van der Waals surface area contributed by atoms with Crippen molar-refractivity contribution in [2.45, 2.75) is 61.4 Å². The Labute approximate surface area is 271 Å². The zero-order chi connectivity index (χ0) is 32.2. The van der Waals surface area contributed by atoms with Gasteiger partial charge in [-0.2, -0.15) is 15.2 Å². The first-order chi connectivity index (χ1) is 22.2. The second kappa shape index (κ2) is 12.0. The summed E-state index contributed by atoms with van der Waals surface area (Å²) < 4.78 is 35.3. The molecule has 3 aromatic rings. The van der Waals surface area contributed by atoms with E-state index in [1.807, 2.05) is 36.0 Å². The zero-order valence-corrected chi connectivity index (χ0v) is 26.9. The molecule has 3 atom stereocenters. The quantitative estimate of drug-likeness (QED) is 0.234. The number of amides is 1. The highest BCUT2D eigenvalue weighted by atomic mass is 32.2. The Balaban J connectivity index is 1.19. The molecule has 2 saturated heterocycles. The molecular weight excluding hydrogens is 608 g/mol. The van der Waals surface area contributed by atoms with Crippen molar-refractivity contribution in [3.05, 3.63) is 65.9 Å². The Morgan fingerprint density at radius 1 is 1.20 bits per heavy atom. The van der Waals surface area contributed by atoms with E-state index in [0.717, 1.165) is 22.3 Å². The summed E-state index contributed by atoms with van der Waals surface area (Å²) in [6, 6.07) is 13.5. The lowest BCUT2D eigenvalue weighted by molar-refractivity contribution is -0.131. The molecule has 46 heavy (non-hydrogen) atoms. The maximum absolute atomic E-state index is 15.1. The number of anilines is 2. The van der Waals surface area contributed by atoms with Crippen LogP contribution in [0.5, 0.6) is 6.01 Å². The number of nitrogens with zero attached hydrogens (tertiary/aromatic N) is 7. The molecule has 2 aromatic carbocycles. The first-order valence-corrected chi connectivity index (χ1v) is 16.7. The van der Waals surface area contributed by atoms with E-state index < -0.39 is 17.8 Å². The predicted molar refractivity (Wildman–Crippen MR) is 175 cm³/mol. The molecule has 1 aliphatic carbocycles. The summed E-state index contributed by atoms with van der Waals surface area (Å²) >= 11 is 1.89. The molecule has 0 spiro atoms. The van der Waals surface area contributed by atoms with Gasteiger partial charge in [-0.3, -0.25) is 9.69 Å². The van der Waals surface area contributed by atoms with Crippen LogP contribution in [0.15, 0.2) is 48.8 Å². The number of ether oxygens (including phenoxy) is 1. The fraction of sp³-hybridized carbons (Fsp3) is 0.471. The molecule has 3 fully saturated rings. The van der Waals surface area contributed by atoms with Gasteiger partial charge in [0.05, 0.1) is 40.9 Å². The number of hydrogen-bond acceptors (Lipinski definition) is 9. The lowest BCUT2D eigenvalue weighted by Gasteiger charge is -2.42. The van der Waals surface area contributed by atoms with Crippen molar-refractivity contribution in [2.24, 2.45) is 0 Å². The highest BCUT2D eigenvalue weighted by molar-refractivity contribution is 8.08. The second-order valence-corrected chi connectivity index (χ2v) is 14.4. The van der Waals surface area contributed by atoms with Gasteiger partial charge >= 0.3 is 6.01 Å². The Morgan fingerprint density at radius 2 is 1.98 bits per heavy atom. The Morgan fingerprint density at radius 3 is 2.72 bits per heavy atom. The van der Waals surface area contributed by atoms with Gasteiger partial charge in [0.15, 0.2) is 5.83 Å². The molecule has 1 aromatic heterocycles. The molecule has 0 N–H and O–H groups in total. The molecule has 0 bridgehead atoms. The second-order valence-electron chi connectivity index (χ2n) is 12.7. The Kier molecular flexibility index (Phi) is 8.01. The third-order valence-corrected chi connectivity index (χ3v) is 11.6. The van der Waals surface area contributed by atoms with Crippen LogP contribution in [0.25, 0.3) is 10.8 Å². The maximum Gasteiger partial charge on any atom is 0.318 e. The van der Waals surface area contributed by atoms with Crippen molar-refractivity contribution in [3.63, 3.8) is 0 Å². The summed E-state index contributed by atoms with van der Waals surface area (Å²) in [5, 5.41) is 11.2. The number of carbonyl (C=O) groups excluding carboxylic acids is 1. The number of thioether (sulfide) groups is 1. The normalized spacial score (nSPS) is 24.1. The van der Waals surface area contributed by atoms with Gasteiger partial charge in [0.25, 0.3) is 5.91 Å². The summed E-state index contributed by atoms with van der Waals surface area (Å²) in [6.07, 6.45) is 3.14. The van der Waals surface area contributed by atoms with Crippen LogP contribution in [0.3, 0.4) is 0 Å². The molecule has 4 aliphatic rings. The molecule has 1 unspecified atom stereocenters. The fourth-order valence-corrected chi connectivity index (χ4v) is 8.13. The lowest BCUT2D eigenvalue weighted by atomic mass is 10.0. The molecule has 1 saturated carbocycles. The van der Waals surface area contributed by atoms with E-state index in [2.05, 4.69) is 41.3 Å². The van der Waals surface area contributed by atoms with Gasteiger partial charge in [0, 0.05) is 48.9 Å². The summed E-state index contributed by atoms with van der Waals surface area (Å²) in [5.41, 5.74) is 2.58. The van der Waals surface area contributed by atoms with E-state index in [1.54, 1.807) is 6.07 Å². The third kappa shape index (κ3) is 5.64. The standard InChI is InChI=1S/C34H37F2N7O2S/c1-21(35)32(44)43-17-16-42(18-24(43)12-14-37)31-25-13-15-41(28-9-5-7-22-6-4-8-26(36)30(22)28)19-27(25)38-33(39-31)45-20-29-34(2,46-29)40(3)23-10-11-23/h4-9,23-24,29H,1,10-13,15-20H2,2-3H3/t24-,29?,34-/m0/s1. The van der Waals surface area contributed by atoms with Gasteiger partial charge in [-0.15, -0.1) is 11.8 Å². The SMILES string of the molecule is C=C(F)C(=O)N1CCN(c2nc(OCC3S[C@]3(C)N(C)C3CC3)nc3c2CCN(c2cccc4cccc(F)c24)C3)C[C@@H]1CC#N. The molecule has 240 valence electrons. The Hall–Kier alpha value is -3.95. The lowest BCUT2D eigenvalue weighted by Crippen LogP contribution is -2.55. The number of aromatic nitrogens is 2. The third-order valence-electron chi connectivity index (χ3n) is 9.88. The highest BCUT2D eigenvalue weighted by Gasteiger charge is 2.57. The first kappa shape index (κ1) is 30.7. The predicted octanol–water partition coefficient (Wildman–Crippen LogP) is 5.05. The van der Waals surface area contributed by atoms with Gasteiger partial charge in [-0.1, -0.05) is 30.8 Å². The van der Waals surface area contributed by atoms with Crippen LogP contribution in [-0.2, 0) is 17.8 Å². The van der Waals surface area contributed by atoms with E-state index in [4.69, 9.17) is 14.7 Å². The van der Waals surface area contributed by atoms with Gasteiger partial charge in [-0.25, -0.2) is 8.78 Å². The van der Waals surface area contributed by atoms with Crippen LogP contribution < -0.4 is 14.5 Å². The molecular formula is C34H37F2N7O2S. The van der Waals surface area contributed by atoms with E-state index in [1.165, 1.54) is 23.8 Å². The number of fused-ring (bicyclic) bond motifs is 2. The minimum atomic E-state index is -1.03.